The van der Waals surface area contributed by atoms with Crippen molar-refractivity contribution in [1.82, 2.24) is 20.1 Å². The lowest BCUT2D eigenvalue weighted by Crippen LogP contribution is -2.42. The van der Waals surface area contributed by atoms with E-state index in [2.05, 4.69) is 15.2 Å². The Hall–Kier alpha value is -3.75. The predicted octanol–water partition coefficient (Wildman–Crippen LogP) is 4.84. The fraction of sp³-hybridized carbons (Fsp3) is 0.391. The maximum atomic E-state index is 13.9. The van der Waals surface area contributed by atoms with E-state index in [0.29, 0.717) is 11.6 Å². The van der Waals surface area contributed by atoms with Crippen LogP contribution in [-0.4, -0.2) is 43.8 Å². The van der Waals surface area contributed by atoms with Crippen molar-refractivity contribution >= 4 is 11.6 Å². The number of hydrogen-bond acceptors (Lipinski definition) is 7. The molecule has 1 aromatic carbocycles. The number of nitrogen functional groups attached to an aromatic ring is 1. The van der Waals surface area contributed by atoms with Crippen LogP contribution in [0.3, 0.4) is 0 Å². The molecule has 3 heterocycles. The number of pyridine rings is 1. The highest BCUT2D eigenvalue weighted by molar-refractivity contribution is 5.95. The molecule has 1 aliphatic heterocycles. The van der Waals surface area contributed by atoms with Gasteiger partial charge in [0.15, 0.2) is 5.69 Å². The van der Waals surface area contributed by atoms with E-state index in [0.717, 1.165) is 17.0 Å². The zero-order valence-corrected chi connectivity index (χ0v) is 19.4. The molecule has 0 fully saturated rings. The van der Waals surface area contributed by atoms with Crippen LogP contribution in [0.25, 0.3) is 11.6 Å². The second-order valence-electron chi connectivity index (χ2n) is 8.75. The number of hydrogen-bond donors (Lipinski definition) is 2. The quantitative estimate of drug-likeness (QED) is 0.441. The first kappa shape index (κ1) is 27.3. The number of carbonyl (C=O) groups is 1. The Labute approximate surface area is 210 Å². The molecule has 1 amide bonds. The van der Waals surface area contributed by atoms with Gasteiger partial charge >= 0.3 is 12.4 Å². The summed E-state index contributed by atoms with van der Waals surface area (Å²) in [6.45, 7) is -0.410. The third-order valence-corrected chi connectivity index (χ3v) is 6.05. The summed E-state index contributed by atoms with van der Waals surface area (Å²) < 4.78 is 101. The number of amides is 1. The summed E-state index contributed by atoms with van der Waals surface area (Å²) in [5, 5.41) is 17.1. The van der Waals surface area contributed by atoms with E-state index in [4.69, 9.17) is 10.2 Å². The lowest BCUT2D eigenvalue weighted by atomic mass is 9.95. The summed E-state index contributed by atoms with van der Waals surface area (Å²) in [5.41, 5.74) is -1.37. The van der Waals surface area contributed by atoms with Crippen molar-refractivity contribution in [3.63, 3.8) is 0 Å². The van der Waals surface area contributed by atoms with Crippen molar-refractivity contribution in [2.75, 3.05) is 12.3 Å². The van der Waals surface area contributed by atoms with E-state index in [-0.39, 0.29) is 32.4 Å². The summed E-state index contributed by atoms with van der Waals surface area (Å²) in [6, 6.07) is 5.29. The van der Waals surface area contributed by atoms with E-state index < -0.39 is 70.5 Å². The van der Waals surface area contributed by atoms with Gasteiger partial charge in [-0.1, -0.05) is 18.6 Å². The number of rotatable bonds is 2. The largest absolute Gasteiger partial charge is 0.426 e. The first-order chi connectivity index (χ1) is 17.7. The average Bonchev–Trinajstić information content (AvgIpc) is 3.32. The summed E-state index contributed by atoms with van der Waals surface area (Å²) in [6.07, 6.45) is -11.2. The number of benzene rings is 1. The van der Waals surface area contributed by atoms with Crippen molar-refractivity contribution in [3.8, 4) is 11.6 Å². The van der Waals surface area contributed by atoms with Gasteiger partial charge in [0.25, 0.3) is 17.7 Å². The molecule has 4 bridgehead atoms. The molecular formula is C23H20F7N5O3. The molecule has 0 spiro atoms. The Kier molecular flexibility index (Phi) is 7.07. The SMILES string of the molecule is Nc1cc(C(F)(F)F)c2nc1-c1nnc(o1)[C@@](O)(C(F)(F)F)CCCCCN(Cc1ccc(F)cc1)C2=O. The van der Waals surface area contributed by atoms with Gasteiger partial charge in [-0.15, -0.1) is 10.2 Å². The van der Waals surface area contributed by atoms with Crippen LogP contribution in [0, 0.1) is 5.82 Å². The molecule has 0 unspecified atom stereocenters. The maximum Gasteiger partial charge on any atom is 0.426 e. The van der Waals surface area contributed by atoms with Crippen LogP contribution in [0.2, 0.25) is 0 Å². The van der Waals surface area contributed by atoms with Crippen molar-refractivity contribution < 1.29 is 45.1 Å². The maximum absolute atomic E-state index is 13.9. The average molecular weight is 547 g/mol. The van der Waals surface area contributed by atoms with Gasteiger partial charge in [0, 0.05) is 13.1 Å². The summed E-state index contributed by atoms with van der Waals surface area (Å²) in [7, 11) is 0. The van der Waals surface area contributed by atoms with Gasteiger partial charge in [0.1, 0.15) is 11.5 Å². The monoisotopic (exact) mass is 547 g/mol. The fourth-order valence-electron chi connectivity index (χ4n) is 4.01. The van der Waals surface area contributed by atoms with Crippen LogP contribution >= 0.6 is 0 Å². The Morgan fingerprint density at radius 3 is 2.34 bits per heavy atom. The normalized spacial score (nSPS) is 19.4. The molecular weight excluding hydrogens is 527 g/mol. The number of carbonyl (C=O) groups excluding carboxylic acids is 1. The Morgan fingerprint density at radius 1 is 1.03 bits per heavy atom. The third-order valence-electron chi connectivity index (χ3n) is 6.05. The molecule has 3 N–H and O–H groups in total. The van der Waals surface area contributed by atoms with Crippen molar-refractivity contribution in [3.05, 3.63) is 58.9 Å². The van der Waals surface area contributed by atoms with Gasteiger partial charge < -0.3 is 20.2 Å². The first-order valence-electron chi connectivity index (χ1n) is 11.3. The Morgan fingerprint density at radius 2 is 1.71 bits per heavy atom. The lowest BCUT2D eigenvalue weighted by molar-refractivity contribution is -0.277. The minimum absolute atomic E-state index is 0.0547. The number of nitrogens with zero attached hydrogens (tertiary/aromatic N) is 4. The van der Waals surface area contributed by atoms with Crippen LogP contribution < -0.4 is 5.73 Å². The smallest absolute Gasteiger partial charge is 0.416 e. The van der Waals surface area contributed by atoms with Gasteiger partial charge in [-0.25, -0.2) is 9.37 Å². The van der Waals surface area contributed by atoms with E-state index >= 15 is 0 Å². The number of nitrogens with two attached hydrogens (primary N) is 1. The molecule has 3 aromatic rings. The highest BCUT2D eigenvalue weighted by Gasteiger charge is 2.58. The molecule has 1 aliphatic rings. The van der Waals surface area contributed by atoms with Crippen LogP contribution in [0.5, 0.6) is 0 Å². The van der Waals surface area contributed by atoms with Gasteiger partial charge in [-0.2, -0.15) is 26.3 Å². The van der Waals surface area contributed by atoms with Gasteiger partial charge in [-0.3, -0.25) is 4.79 Å². The molecule has 4 rings (SSSR count). The van der Waals surface area contributed by atoms with Crippen LogP contribution in [0.1, 0.15) is 53.2 Å². The zero-order chi connectivity index (χ0) is 27.9. The molecule has 8 nitrogen and oxygen atoms in total. The minimum atomic E-state index is -5.22. The van der Waals surface area contributed by atoms with E-state index in [1.54, 1.807) is 0 Å². The Bertz CT molecular complexity index is 1320. The van der Waals surface area contributed by atoms with Gasteiger partial charge in [0.05, 0.1) is 11.3 Å². The van der Waals surface area contributed by atoms with Crippen molar-refractivity contribution in [2.24, 2.45) is 0 Å². The second kappa shape index (κ2) is 9.85. The van der Waals surface area contributed by atoms with Crippen molar-refractivity contribution in [1.29, 1.82) is 0 Å². The van der Waals surface area contributed by atoms with Gasteiger partial charge in [0.2, 0.25) is 5.60 Å². The molecule has 0 aliphatic carbocycles. The topological polar surface area (TPSA) is 118 Å². The van der Waals surface area contributed by atoms with Gasteiger partial charge in [-0.05, 0) is 43.0 Å². The highest BCUT2D eigenvalue weighted by atomic mass is 19.4. The third kappa shape index (κ3) is 5.28. The molecule has 204 valence electrons. The number of aliphatic hydroxyl groups is 1. The minimum Gasteiger partial charge on any atom is -0.416 e. The lowest BCUT2D eigenvalue weighted by Gasteiger charge is -2.27. The number of fused-ring (bicyclic) bond motifs is 5. The molecule has 38 heavy (non-hydrogen) atoms. The molecule has 0 saturated carbocycles. The predicted molar refractivity (Wildman–Crippen MR) is 117 cm³/mol. The molecule has 15 heteroatoms. The van der Waals surface area contributed by atoms with E-state index in [9.17, 15) is 40.6 Å². The number of aromatic nitrogens is 3. The standard InChI is InChI=1S/C23H20F7N5O3/c24-13-6-4-12(5-7-13)11-35-9-3-1-2-8-21(37,23(28,29)30)20-34-33-18(38-20)17-15(31)10-14(22(25,26)27)16(32-17)19(35)36/h4-7,10,37H,1-3,8-9,11,31H2/t21-/m1/s1. The van der Waals surface area contributed by atoms with Crippen LogP contribution in [0.4, 0.5) is 36.4 Å². The molecule has 0 saturated heterocycles. The zero-order valence-electron chi connectivity index (χ0n) is 19.4. The number of alkyl halides is 6. The van der Waals surface area contributed by atoms with Crippen LogP contribution in [0.15, 0.2) is 34.7 Å². The second-order valence-corrected chi connectivity index (χ2v) is 8.75. The highest BCUT2D eigenvalue weighted by Crippen LogP contribution is 2.43. The molecule has 0 radical (unpaired) electrons. The first-order valence-corrected chi connectivity index (χ1v) is 11.3. The van der Waals surface area contributed by atoms with E-state index in [1.807, 2.05) is 0 Å². The summed E-state index contributed by atoms with van der Waals surface area (Å²) in [4.78, 5) is 18.2. The summed E-state index contributed by atoms with van der Waals surface area (Å²) >= 11 is 0. The van der Waals surface area contributed by atoms with Crippen LogP contribution in [-0.2, 0) is 18.3 Å². The molecule has 1 atom stereocenters. The fourth-order valence-corrected chi connectivity index (χ4v) is 4.01. The van der Waals surface area contributed by atoms with E-state index in [1.165, 1.54) is 12.1 Å². The number of halogens is 7. The Balaban J connectivity index is 1.87. The summed E-state index contributed by atoms with van der Waals surface area (Å²) in [5.74, 6) is -3.76. The van der Waals surface area contributed by atoms with Crippen molar-refractivity contribution in [2.45, 2.75) is 50.2 Å². The number of anilines is 1. The molecule has 2 aromatic heterocycles.